The van der Waals surface area contributed by atoms with E-state index in [1.807, 2.05) is 0 Å². The molecule has 0 spiro atoms. The molecule has 1 heterocycles. The first-order valence-electron chi connectivity index (χ1n) is 6.92. The third-order valence-corrected chi connectivity index (χ3v) is 8.28. The molecule has 2 amide bonds. The van der Waals surface area contributed by atoms with Crippen molar-refractivity contribution in [2.45, 2.75) is 16.1 Å². The van der Waals surface area contributed by atoms with Gasteiger partial charge in [0.25, 0.3) is 0 Å². The zero-order chi connectivity index (χ0) is 14.9. The van der Waals surface area contributed by atoms with Crippen LogP contribution >= 0.6 is 31.9 Å². The van der Waals surface area contributed by atoms with Crippen molar-refractivity contribution >= 4 is 49.4 Å². The van der Waals surface area contributed by atoms with Gasteiger partial charge in [-0.05, 0) is 42.5 Å². The molecule has 0 aromatic heterocycles. The molecule has 3 nitrogen and oxygen atoms in total. The van der Waals surface area contributed by atoms with Crippen LogP contribution in [-0.2, 0) is 9.59 Å². The minimum Gasteiger partial charge on any atom is -0.274 e. The number of benzene rings is 1. The second-order valence-corrected chi connectivity index (χ2v) is 8.11. The quantitative estimate of drug-likeness (QED) is 0.521. The molecule has 1 aromatic carbocycles. The number of halogens is 3. The lowest BCUT2D eigenvalue weighted by atomic mass is 9.81. The Morgan fingerprint density at radius 3 is 1.90 bits per heavy atom. The summed E-state index contributed by atoms with van der Waals surface area (Å²) in [5.74, 6) is -0.700. The summed E-state index contributed by atoms with van der Waals surface area (Å²) in [7, 11) is 0. The van der Waals surface area contributed by atoms with Gasteiger partial charge in [-0.3, -0.25) is 14.5 Å². The molecule has 3 fully saturated rings. The Bertz CT molecular complexity index is 603. The lowest BCUT2D eigenvalue weighted by molar-refractivity contribution is -0.123. The minimum absolute atomic E-state index is 0.132. The molecule has 2 bridgehead atoms. The topological polar surface area (TPSA) is 37.4 Å². The number of anilines is 1. The van der Waals surface area contributed by atoms with E-state index in [4.69, 9.17) is 0 Å². The van der Waals surface area contributed by atoms with Crippen LogP contribution < -0.4 is 4.90 Å². The third-order valence-electron chi connectivity index (χ3n) is 5.07. The second kappa shape index (κ2) is 4.62. The van der Waals surface area contributed by atoms with Crippen LogP contribution in [0.25, 0.3) is 0 Å². The fourth-order valence-electron chi connectivity index (χ4n) is 4.19. The zero-order valence-corrected chi connectivity index (χ0v) is 14.1. The van der Waals surface area contributed by atoms with Crippen molar-refractivity contribution in [2.75, 3.05) is 4.90 Å². The van der Waals surface area contributed by atoms with Gasteiger partial charge in [-0.2, -0.15) is 0 Å². The summed E-state index contributed by atoms with van der Waals surface area (Å²) in [6, 6.07) is 5.54. The average molecular weight is 417 g/mol. The van der Waals surface area contributed by atoms with Crippen LogP contribution in [0, 0.1) is 29.5 Å². The van der Waals surface area contributed by atoms with E-state index in [9.17, 15) is 14.0 Å². The first kappa shape index (κ1) is 13.9. The lowest BCUT2D eigenvalue weighted by Crippen LogP contribution is -2.37. The van der Waals surface area contributed by atoms with Crippen LogP contribution in [-0.4, -0.2) is 21.5 Å². The van der Waals surface area contributed by atoms with Gasteiger partial charge in [0.05, 0.1) is 17.5 Å². The molecule has 1 saturated heterocycles. The van der Waals surface area contributed by atoms with Crippen molar-refractivity contribution in [3.63, 3.8) is 0 Å². The molecule has 3 aliphatic rings. The molecule has 2 saturated carbocycles. The minimum atomic E-state index is -0.376. The number of fused-ring (bicyclic) bond motifs is 5. The fourth-order valence-corrected chi connectivity index (χ4v) is 6.07. The maximum Gasteiger partial charge on any atom is 0.238 e. The Balaban J connectivity index is 1.73. The highest BCUT2D eigenvalue weighted by molar-refractivity contribution is 9.12. The largest absolute Gasteiger partial charge is 0.274 e. The third kappa shape index (κ3) is 1.75. The molecular weight excluding hydrogens is 405 g/mol. The van der Waals surface area contributed by atoms with Crippen molar-refractivity contribution in [1.82, 2.24) is 0 Å². The maximum atomic E-state index is 13.0. The highest BCUT2D eigenvalue weighted by atomic mass is 79.9. The van der Waals surface area contributed by atoms with Gasteiger partial charge in [-0.15, -0.1) is 0 Å². The predicted molar refractivity (Wildman–Crippen MR) is 82.9 cm³/mol. The SMILES string of the molecule is O=C1[C@@H]2[C@H]3C[C@@H]([C@H](Br)[C@H]3Br)[C@@H]2C(=O)N1c1ccc(F)cc1. The number of hydrogen-bond donors (Lipinski definition) is 0. The predicted octanol–water partition coefficient (Wildman–Crippen LogP) is 3.11. The number of amides is 2. The van der Waals surface area contributed by atoms with Gasteiger partial charge < -0.3 is 0 Å². The van der Waals surface area contributed by atoms with Gasteiger partial charge in [-0.25, -0.2) is 4.39 Å². The monoisotopic (exact) mass is 415 g/mol. The number of hydrogen-bond acceptors (Lipinski definition) is 2. The molecule has 2 aliphatic carbocycles. The molecular formula is C15H12Br2FNO2. The Labute approximate surface area is 138 Å². The Morgan fingerprint density at radius 1 is 0.952 bits per heavy atom. The standard InChI is InChI=1S/C15H12Br2FNO2/c16-12-8-5-9(13(12)17)11-10(8)14(20)19(15(11)21)7-3-1-6(18)2-4-7/h1-4,8-13H,5H2/t8-,9-,10-,11+,12+,13+/m1/s1. The smallest absolute Gasteiger partial charge is 0.238 e. The molecule has 1 aromatic rings. The van der Waals surface area contributed by atoms with E-state index >= 15 is 0 Å². The fraction of sp³-hybridized carbons (Fsp3) is 0.467. The number of carbonyl (C=O) groups excluding carboxylic acids is 2. The Kier molecular flexibility index (Phi) is 3.05. The molecule has 0 unspecified atom stereocenters. The zero-order valence-electron chi connectivity index (χ0n) is 10.9. The van der Waals surface area contributed by atoms with Gasteiger partial charge >= 0.3 is 0 Å². The summed E-state index contributed by atoms with van der Waals surface area (Å²) in [6.07, 6.45) is 0.913. The van der Waals surface area contributed by atoms with Crippen LogP contribution in [0.5, 0.6) is 0 Å². The number of rotatable bonds is 1. The summed E-state index contributed by atoms with van der Waals surface area (Å²) < 4.78 is 13.0. The van der Waals surface area contributed by atoms with Crippen LogP contribution in [0.1, 0.15) is 6.42 Å². The van der Waals surface area contributed by atoms with Gasteiger partial charge in [0, 0.05) is 9.65 Å². The molecule has 110 valence electrons. The highest BCUT2D eigenvalue weighted by Crippen LogP contribution is 2.60. The van der Waals surface area contributed by atoms with Crippen molar-refractivity contribution in [3.8, 4) is 0 Å². The van der Waals surface area contributed by atoms with Crippen LogP contribution in [0.15, 0.2) is 24.3 Å². The number of carbonyl (C=O) groups is 2. The lowest BCUT2D eigenvalue weighted by Gasteiger charge is -2.28. The van der Waals surface area contributed by atoms with E-state index in [1.165, 1.54) is 29.2 Å². The number of imide groups is 1. The van der Waals surface area contributed by atoms with Crippen LogP contribution in [0.3, 0.4) is 0 Å². The Morgan fingerprint density at radius 2 is 1.43 bits per heavy atom. The number of alkyl halides is 2. The number of nitrogens with zero attached hydrogens (tertiary/aromatic N) is 1. The molecule has 6 atom stereocenters. The molecule has 6 heteroatoms. The van der Waals surface area contributed by atoms with E-state index in [0.29, 0.717) is 5.69 Å². The van der Waals surface area contributed by atoms with E-state index in [0.717, 1.165) is 6.42 Å². The Hall–Kier alpha value is -0.750. The summed E-state index contributed by atoms with van der Waals surface area (Å²) in [4.78, 5) is 27.1. The summed E-state index contributed by atoms with van der Waals surface area (Å²) in [5.41, 5.74) is 0.470. The molecule has 4 rings (SSSR count). The van der Waals surface area contributed by atoms with Gasteiger partial charge in [0.1, 0.15) is 5.82 Å². The highest BCUT2D eigenvalue weighted by Gasteiger charge is 2.66. The summed E-state index contributed by atoms with van der Waals surface area (Å²) >= 11 is 7.30. The average Bonchev–Trinajstić information content (AvgIpc) is 3.06. The van der Waals surface area contributed by atoms with Crippen molar-refractivity contribution < 1.29 is 14.0 Å². The van der Waals surface area contributed by atoms with Crippen molar-refractivity contribution in [1.29, 1.82) is 0 Å². The van der Waals surface area contributed by atoms with E-state index in [2.05, 4.69) is 31.9 Å². The van der Waals surface area contributed by atoms with Gasteiger partial charge in [-0.1, -0.05) is 31.9 Å². The van der Waals surface area contributed by atoms with Gasteiger partial charge in [0.2, 0.25) is 11.8 Å². The van der Waals surface area contributed by atoms with Gasteiger partial charge in [0.15, 0.2) is 0 Å². The van der Waals surface area contributed by atoms with Crippen LogP contribution in [0.4, 0.5) is 10.1 Å². The second-order valence-electron chi connectivity index (χ2n) is 5.99. The maximum absolute atomic E-state index is 13.0. The van der Waals surface area contributed by atoms with Crippen molar-refractivity contribution in [2.24, 2.45) is 23.7 Å². The van der Waals surface area contributed by atoms with E-state index in [1.54, 1.807) is 0 Å². The molecule has 0 radical (unpaired) electrons. The molecule has 21 heavy (non-hydrogen) atoms. The molecule has 0 N–H and O–H groups in total. The summed E-state index contributed by atoms with van der Waals surface area (Å²) in [5, 5.41) is 0. The summed E-state index contributed by atoms with van der Waals surface area (Å²) in [6.45, 7) is 0. The van der Waals surface area contributed by atoms with E-state index < -0.39 is 0 Å². The van der Waals surface area contributed by atoms with Crippen LogP contribution in [0.2, 0.25) is 0 Å². The van der Waals surface area contributed by atoms with E-state index in [-0.39, 0.29) is 51.0 Å². The normalized spacial score (nSPS) is 41.0. The van der Waals surface area contributed by atoms with Crippen molar-refractivity contribution in [3.05, 3.63) is 30.1 Å². The first-order chi connectivity index (χ1) is 10.0. The first-order valence-corrected chi connectivity index (χ1v) is 8.75. The molecule has 1 aliphatic heterocycles.